The van der Waals surface area contributed by atoms with Crippen LogP contribution in [-0.4, -0.2) is 49.1 Å². The summed E-state index contributed by atoms with van der Waals surface area (Å²) in [6.07, 6.45) is 2.68. The van der Waals surface area contributed by atoms with Gasteiger partial charge >= 0.3 is 5.97 Å². The molecular formula is C14H23N3O2. The molecule has 1 aromatic rings. The fourth-order valence-electron chi connectivity index (χ4n) is 1.87. The summed E-state index contributed by atoms with van der Waals surface area (Å²) in [6.45, 7) is 8.27. The molecule has 0 aliphatic rings. The predicted molar refractivity (Wildman–Crippen MR) is 76.5 cm³/mol. The largest absolute Gasteiger partial charge is 0.465 e. The van der Waals surface area contributed by atoms with Gasteiger partial charge in [-0.2, -0.15) is 0 Å². The summed E-state index contributed by atoms with van der Waals surface area (Å²) in [7, 11) is 1.37. The molecule has 0 aliphatic heterocycles. The van der Waals surface area contributed by atoms with Crippen LogP contribution in [0.4, 0.5) is 5.82 Å². The second-order valence-corrected chi connectivity index (χ2v) is 4.20. The Labute approximate surface area is 115 Å². The zero-order chi connectivity index (χ0) is 14.1. The molecular weight excluding hydrogens is 242 g/mol. The van der Waals surface area contributed by atoms with Crippen molar-refractivity contribution in [3.8, 4) is 0 Å². The van der Waals surface area contributed by atoms with E-state index in [1.807, 2.05) is 0 Å². The molecule has 0 atom stereocenters. The van der Waals surface area contributed by atoms with E-state index in [-0.39, 0.29) is 5.97 Å². The average Bonchev–Trinajstić information content (AvgIpc) is 2.47. The van der Waals surface area contributed by atoms with E-state index >= 15 is 0 Å². The van der Waals surface area contributed by atoms with Crippen LogP contribution in [0.3, 0.4) is 0 Å². The third-order valence-corrected chi connectivity index (χ3v) is 3.05. The van der Waals surface area contributed by atoms with Crippen molar-refractivity contribution in [1.82, 2.24) is 9.88 Å². The number of nitrogens with one attached hydrogen (secondary N) is 1. The highest BCUT2D eigenvalue weighted by Crippen LogP contribution is 2.12. The van der Waals surface area contributed by atoms with Crippen molar-refractivity contribution in [3.63, 3.8) is 0 Å². The average molecular weight is 265 g/mol. The summed E-state index contributed by atoms with van der Waals surface area (Å²) in [4.78, 5) is 18.1. The fourth-order valence-corrected chi connectivity index (χ4v) is 1.87. The fraction of sp³-hybridized carbons (Fsp3) is 0.571. The quantitative estimate of drug-likeness (QED) is 0.575. The topological polar surface area (TPSA) is 54.5 Å². The van der Waals surface area contributed by atoms with Crippen molar-refractivity contribution in [2.45, 2.75) is 20.3 Å². The van der Waals surface area contributed by atoms with Crippen LogP contribution >= 0.6 is 0 Å². The number of anilines is 1. The van der Waals surface area contributed by atoms with Crippen LogP contribution in [0.1, 0.15) is 30.6 Å². The Morgan fingerprint density at radius 3 is 2.79 bits per heavy atom. The van der Waals surface area contributed by atoms with Crippen LogP contribution in [-0.2, 0) is 4.74 Å². The number of aromatic nitrogens is 1. The minimum Gasteiger partial charge on any atom is -0.465 e. The molecule has 19 heavy (non-hydrogen) atoms. The van der Waals surface area contributed by atoms with Crippen LogP contribution < -0.4 is 5.32 Å². The number of methoxy groups -OCH3 is 1. The summed E-state index contributed by atoms with van der Waals surface area (Å²) in [6, 6.07) is 3.44. The monoisotopic (exact) mass is 265 g/mol. The molecule has 0 aliphatic carbocycles. The third-order valence-electron chi connectivity index (χ3n) is 3.05. The second-order valence-electron chi connectivity index (χ2n) is 4.20. The standard InChI is InChI=1S/C14H23N3O2/c1-4-17(5-2)11-7-10-16-13-12(14(18)19-3)8-6-9-15-13/h6,8-9H,4-5,7,10-11H2,1-3H3,(H,15,16). The molecule has 1 aromatic heterocycles. The maximum atomic E-state index is 11.6. The highest BCUT2D eigenvalue weighted by molar-refractivity contribution is 5.94. The zero-order valence-electron chi connectivity index (χ0n) is 12.0. The zero-order valence-corrected chi connectivity index (χ0v) is 12.0. The number of hydrogen-bond acceptors (Lipinski definition) is 5. The lowest BCUT2D eigenvalue weighted by Crippen LogP contribution is -2.25. The van der Waals surface area contributed by atoms with Crippen molar-refractivity contribution in [1.29, 1.82) is 0 Å². The third kappa shape index (κ3) is 4.87. The first-order valence-electron chi connectivity index (χ1n) is 6.72. The first-order chi connectivity index (χ1) is 9.22. The van der Waals surface area contributed by atoms with Gasteiger partial charge < -0.3 is 15.0 Å². The molecule has 0 aromatic carbocycles. The molecule has 0 saturated carbocycles. The molecule has 106 valence electrons. The summed E-state index contributed by atoms with van der Waals surface area (Å²) < 4.78 is 4.73. The summed E-state index contributed by atoms with van der Waals surface area (Å²) in [5, 5.41) is 3.19. The molecule has 0 fully saturated rings. The molecule has 1 N–H and O–H groups in total. The van der Waals surface area contributed by atoms with E-state index in [9.17, 15) is 4.79 Å². The van der Waals surface area contributed by atoms with E-state index in [0.29, 0.717) is 11.4 Å². The van der Waals surface area contributed by atoms with E-state index in [4.69, 9.17) is 4.74 Å². The van der Waals surface area contributed by atoms with Crippen LogP contribution in [0.2, 0.25) is 0 Å². The van der Waals surface area contributed by atoms with E-state index < -0.39 is 0 Å². The Hall–Kier alpha value is -1.62. The number of hydrogen-bond donors (Lipinski definition) is 1. The van der Waals surface area contributed by atoms with E-state index in [1.54, 1.807) is 18.3 Å². The predicted octanol–water partition coefficient (Wildman–Crippen LogP) is 2.01. The Morgan fingerprint density at radius 1 is 1.42 bits per heavy atom. The van der Waals surface area contributed by atoms with Crippen molar-refractivity contribution in [3.05, 3.63) is 23.9 Å². The highest BCUT2D eigenvalue weighted by atomic mass is 16.5. The Bertz CT molecular complexity index is 392. The van der Waals surface area contributed by atoms with Gasteiger partial charge in [-0.1, -0.05) is 13.8 Å². The van der Waals surface area contributed by atoms with Gasteiger partial charge in [0.05, 0.1) is 7.11 Å². The minimum atomic E-state index is -0.362. The second kappa shape index (κ2) is 8.48. The minimum absolute atomic E-state index is 0.362. The van der Waals surface area contributed by atoms with Crippen molar-refractivity contribution in [2.75, 3.05) is 38.6 Å². The molecule has 0 bridgehead atoms. The lowest BCUT2D eigenvalue weighted by Gasteiger charge is -2.18. The molecule has 0 spiro atoms. The molecule has 1 rings (SSSR count). The Kier molecular flexibility index (Phi) is 6.89. The van der Waals surface area contributed by atoms with E-state index in [1.165, 1.54) is 7.11 Å². The summed E-state index contributed by atoms with van der Waals surface area (Å²) in [5.74, 6) is 0.230. The number of rotatable bonds is 8. The van der Waals surface area contributed by atoms with Gasteiger partial charge in [0.2, 0.25) is 0 Å². The van der Waals surface area contributed by atoms with Crippen molar-refractivity contribution < 1.29 is 9.53 Å². The lowest BCUT2D eigenvalue weighted by molar-refractivity contribution is 0.0601. The maximum absolute atomic E-state index is 11.6. The number of nitrogens with zero attached hydrogens (tertiary/aromatic N) is 2. The lowest BCUT2D eigenvalue weighted by atomic mass is 10.2. The normalized spacial score (nSPS) is 10.5. The van der Waals surface area contributed by atoms with E-state index in [2.05, 4.69) is 29.0 Å². The van der Waals surface area contributed by atoms with Crippen LogP contribution in [0.5, 0.6) is 0 Å². The molecule has 0 unspecified atom stereocenters. The van der Waals surface area contributed by atoms with Gasteiger partial charge in [-0.05, 0) is 38.2 Å². The number of carbonyl (C=O) groups is 1. The molecule has 0 saturated heterocycles. The van der Waals surface area contributed by atoms with Gasteiger partial charge in [0.25, 0.3) is 0 Å². The molecule has 5 heteroatoms. The summed E-state index contributed by atoms with van der Waals surface area (Å²) in [5.41, 5.74) is 0.479. The Balaban J connectivity index is 2.47. The molecule has 5 nitrogen and oxygen atoms in total. The molecule has 0 amide bonds. The van der Waals surface area contributed by atoms with Gasteiger partial charge in [0.15, 0.2) is 0 Å². The maximum Gasteiger partial charge on any atom is 0.341 e. The van der Waals surface area contributed by atoms with Crippen molar-refractivity contribution in [2.24, 2.45) is 0 Å². The number of carbonyl (C=O) groups excluding carboxylic acids is 1. The molecule has 0 radical (unpaired) electrons. The molecule has 1 heterocycles. The smallest absolute Gasteiger partial charge is 0.341 e. The van der Waals surface area contributed by atoms with Gasteiger partial charge in [-0.15, -0.1) is 0 Å². The van der Waals surface area contributed by atoms with Crippen LogP contribution in [0, 0.1) is 0 Å². The number of ether oxygens (including phenoxy) is 1. The van der Waals surface area contributed by atoms with Crippen molar-refractivity contribution >= 4 is 11.8 Å². The van der Waals surface area contributed by atoms with Crippen LogP contribution in [0.15, 0.2) is 18.3 Å². The van der Waals surface area contributed by atoms with Gasteiger partial charge in [-0.3, -0.25) is 0 Å². The number of esters is 1. The first kappa shape index (κ1) is 15.4. The SMILES string of the molecule is CCN(CC)CCCNc1ncccc1C(=O)OC. The number of pyridine rings is 1. The Morgan fingerprint density at radius 2 is 2.16 bits per heavy atom. The van der Waals surface area contributed by atoms with Gasteiger partial charge in [0.1, 0.15) is 11.4 Å². The highest BCUT2D eigenvalue weighted by Gasteiger charge is 2.11. The van der Waals surface area contributed by atoms with Gasteiger partial charge in [-0.25, -0.2) is 9.78 Å². The van der Waals surface area contributed by atoms with E-state index in [0.717, 1.165) is 32.6 Å². The summed E-state index contributed by atoms with van der Waals surface area (Å²) >= 11 is 0. The first-order valence-corrected chi connectivity index (χ1v) is 6.72. The van der Waals surface area contributed by atoms with Crippen LogP contribution in [0.25, 0.3) is 0 Å². The van der Waals surface area contributed by atoms with Gasteiger partial charge in [0, 0.05) is 12.7 Å².